The molecule has 9 heteroatoms. The third kappa shape index (κ3) is 4.52. The first-order chi connectivity index (χ1) is 10.4. The van der Waals surface area contributed by atoms with Crippen molar-refractivity contribution in [2.24, 2.45) is 7.05 Å². The quantitative estimate of drug-likeness (QED) is 0.611. The van der Waals surface area contributed by atoms with Crippen molar-refractivity contribution in [2.75, 3.05) is 19.6 Å². The minimum atomic E-state index is -3.66. The van der Waals surface area contributed by atoms with Crippen molar-refractivity contribution in [1.82, 2.24) is 24.9 Å². The molecule has 22 heavy (non-hydrogen) atoms. The maximum Gasteiger partial charge on any atom is 0.259 e. The second-order valence-corrected chi connectivity index (χ2v) is 7.20. The smallest absolute Gasteiger partial charge is 0.259 e. The van der Waals surface area contributed by atoms with Gasteiger partial charge in [0.1, 0.15) is 5.82 Å². The summed E-state index contributed by atoms with van der Waals surface area (Å²) in [5.41, 5.74) is 0. The molecule has 0 radical (unpaired) electrons. The van der Waals surface area contributed by atoms with Crippen LogP contribution in [0.15, 0.2) is 11.2 Å². The van der Waals surface area contributed by atoms with Crippen molar-refractivity contribution in [1.29, 1.82) is 0 Å². The van der Waals surface area contributed by atoms with E-state index in [1.165, 1.54) is 6.20 Å². The van der Waals surface area contributed by atoms with E-state index in [0.717, 1.165) is 19.4 Å². The van der Waals surface area contributed by atoms with E-state index in [2.05, 4.69) is 20.3 Å². The van der Waals surface area contributed by atoms with Crippen LogP contribution in [-0.2, 0) is 21.9 Å². The van der Waals surface area contributed by atoms with E-state index >= 15 is 0 Å². The lowest BCUT2D eigenvalue weighted by Gasteiger charge is -2.11. The molecule has 2 rings (SSSR count). The summed E-state index contributed by atoms with van der Waals surface area (Å²) in [7, 11) is -1.93. The van der Waals surface area contributed by atoms with Crippen LogP contribution in [0.5, 0.6) is 0 Å². The number of nitrogens with zero attached hydrogens (tertiary/aromatic N) is 2. The predicted molar refractivity (Wildman–Crippen MR) is 81.8 cm³/mol. The van der Waals surface area contributed by atoms with Gasteiger partial charge in [-0.1, -0.05) is 0 Å². The molecule has 0 aromatic carbocycles. The molecule has 124 valence electrons. The Morgan fingerprint density at radius 2 is 2.32 bits per heavy atom. The van der Waals surface area contributed by atoms with E-state index in [1.807, 2.05) is 0 Å². The van der Waals surface area contributed by atoms with Gasteiger partial charge in [0.25, 0.3) is 10.0 Å². The van der Waals surface area contributed by atoms with Crippen LogP contribution in [0.3, 0.4) is 0 Å². The van der Waals surface area contributed by atoms with Crippen molar-refractivity contribution < 1.29 is 13.2 Å². The van der Waals surface area contributed by atoms with Crippen LogP contribution in [0.1, 0.15) is 25.1 Å². The van der Waals surface area contributed by atoms with E-state index in [9.17, 15) is 13.2 Å². The molecular formula is C13H23N5O3S. The predicted octanol–water partition coefficient (Wildman–Crippen LogP) is -0.735. The average molecular weight is 329 g/mol. The van der Waals surface area contributed by atoms with Gasteiger partial charge in [0.15, 0.2) is 5.03 Å². The maximum absolute atomic E-state index is 12.0. The molecule has 1 atom stereocenters. The standard InChI is InChI=1S/C13H23N5O3S/c1-10-17-13(9-18(10)2)22(20,21)16-7-5-12(19)15-8-11-4-3-6-14-11/h9,11,14,16H,3-8H2,1-2H3,(H,15,19). The second kappa shape index (κ2) is 7.21. The van der Waals surface area contributed by atoms with Crippen molar-refractivity contribution in [2.45, 2.75) is 37.3 Å². The highest BCUT2D eigenvalue weighted by molar-refractivity contribution is 7.89. The topological polar surface area (TPSA) is 105 Å². The zero-order valence-electron chi connectivity index (χ0n) is 12.9. The Hall–Kier alpha value is -1.45. The summed E-state index contributed by atoms with van der Waals surface area (Å²) in [4.78, 5) is 15.7. The first-order valence-corrected chi connectivity index (χ1v) is 8.86. The molecule has 0 saturated carbocycles. The molecule has 1 unspecified atom stereocenters. The van der Waals surface area contributed by atoms with Crippen molar-refractivity contribution in [3.05, 3.63) is 12.0 Å². The molecule has 1 saturated heterocycles. The van der Waals surface area contributed by atoms with Crippen LogP contribution < -0.4 is 15.4 Å². The zero-order valence-corrected chi connectivity index (χ0v) is 13.7. The number of amides is 1. The number of imidazole rings is 1. The highest BCUT2D eigenvalue weighted by atomic mass is 32.2. The number of aryl methyl sites for hydroxylation is 2. The monoisotopic (exact) mass is 329 g/mol. The Labute approximate surface area is 130 Å². The molecule has 1 aliphatic heterocycles. The highest BCUT2D eigenvalue weighted by Crippen LogP contribution is 2.07. The Bertz CT molecular complexity index is 600. The van der Waals surface area contributed by atoms with Gasteiger partial charge < -0.3 is 15.2 Å². The summed E-state index contributed by atoms with van der Waals surface area (Å²) in [5, 5.41) is 6.07. The lowest BCUT2D eigenvalue weighted by molar-refractivity contribution is -0.121. The molecule has 1 aromatic heterocycles. The lowest BCUT2D eigenvalue weighted by atomic mass is 10.2. The van der Waals surface area contributed by atoms with Gasteiger partial charge in [-0.05, 0) is 26.3 Å². The van der Waals surface area contributed by atoms with Gasteiger partial charge in [-0.15, -0.1) is 0 Å². The van der Waals surface area contributed by atoms with Gasteiger partial charge in [-0.2, -0.15) is 0 Å². The number of sulfonamides is 1. The van der Waals surface area contributed by atoms with Crippen molar-refractivity contribution in [3.8, 4) is 0 Å². The summed E-state index contributed by atoms with van der Waals surface area (Å²) in [5.74, 6) is 0.454. The van der Waals surface area contributed by atoms with E-state index in [4.69, 9.17) is 0 Å². The SMILES string of the molecule is Cc1nc(S(=O)(=O)NCCC(=O)NCC2CCCN2)cn1C. The fourth-order valence-electron chi connectivity index (χ4n) is 2.28. The molecule has 1 aliphatic rings. The Balaban J connectivity index is 1.73. The Morgan fingerprint density at radius 1 is 1.55 bits per heavy atom. The number of aromatic nitrogens is 2. The van der Waals surface area contributed by atoms with Crippen LogP contribution in [-0.4, -0.2) is 49.6 Å². The van der Waals surface area contributed by atoms with Crippen molar-refractivity contribution >= 4 is 15.9 Å². The molecule has 8 nitrogen and oxygen atoms in total. The van der Waals surface area contributed by atoms with E-state index in [1.54, 1.807) is 18.5 Å². The highest BCUT2D eigenvalue weighted by Gasteiger charge is 2.19. The van der Waals surface area contributed by atoms with Crippen LogP contribution in [0, 0.1) is 6.92 Å². The van der Waals surface area contributed by atoms with Crippen LogP contribution in [0.25, 0.3) is 0 Å². The van der Waals surface area contributed by atoms with E-state index < -0.39 is 10.0 Å². The molecule has 1 fully saturated rings. The first kappa shape index (κ1) is 16.9. The number of carbonyl (C=O) groups is 1. The summed E-state index contributed by atoms with van der Waals surface area (Å²) in [6, 6.07) is 0.331. The lowest BCUT2D eigenvalue weighted by Crippen LogP contribution is -2.38. The summed E-state index contributed by atoms with van der Waals surface area (Å²) in [6.45, 7) is 3.36. The molecular weight excluding hydrogens is 306 g/mol. The molecule has 0 aliphatic carbocycles. The fraction of sp³-hybridized carbons (Fsp3) is 0.692. The Kier molecular flexibility index (Phi) is 5.54. The summed E-state index contributed by atoms with van der Waals surface area (Å²) < 4.78 is 28.1. The third-order valence-electron chi connectivity index (χ3n) is 3.71. The van der Waals surface area contributed by atoms with Gasteiger partial charge >= 0.3 is 0 Å². The maximum atomic E-state index is 12.0. The summed E-state index contributed by atoms with van der Waals surface area (Å²) in [6.07, 6.45) is 3.75. The zero-order chi connectivity index (χ0) is 16.2. The molecule has 3 N–H and O–H groups in total. The normalized spacial score (nSPS) is 18.5. The number of rotatable bonds is 7. The molecule has 0 spiro atoms. The van der Waals surface area contributed by atoms with Crippen molar-refractivity contribution in [3.63, 3.8) is 0 Å². The molecule has 1 amide bonds. The van der Waals surface area contributed by atoms with Gasteiger partial charge in [-0.25, -0.2) is 18.1 Å². The molecule has 2 heterocycles. The first-order valence-electron chi connectivity index (χ1n) is 7.38. The van der Waals surface area contributed by atoms with Gasteiger partial charge in [0.05, 0.1) is 0 Å². The molecule has 1 aromatic rings. The largest absolute Gasteiger partial charge is 0.354 e. The van der Waals surface area contributed by atoms with Crippen LogP contribution >= 0.6 is 0 Å². The third-order valence-corrected chi connectivity index (χ3v) is 5.05. The number of nitrogens with one attached hydrogen (secondary N) is 3. The van der Waals surface area contributed by atoms with Gasteiger partial charge in [0, 0.05) is 38.8 Å². The van der Waals surface area contributed by atoms with E-state index in [-0.39, 0.29) is 23.9 Å². The fourth-order valence-corrected chi connectivity index (χ4v) is 3.35. The van der Waals surface area contributed by atoms with Gasteiger partial charge in [0.2, 0.25) is 5.91 Å². The van der Waals surface area contributed by atoms with E-state index in [0.29, 0.717) is 18.4 Å². The molecule has 0 bridgehead atoms. The average Bonchev–Trinajstić information content (AvgIpc) is 3.07. The minimum Gasteiger partial charge on any atom is -0.354 e. The van der Waals surface area contributed by atoms with Crippen LogP contribution in [0.2, 0.25) is 0 Å². The minimum absolute atomic E-state index is 0.0249. The summed E-state index contributed by atoms with van der Waals surface area (Å²) >= 11 is 0. The number of hydrogen-bond acceptors (Lipinski definition) is 5. The van der Waals surface area contributed by atoms with Crippen LogP contribution in [0.4, 0.5) is 0 Å². The second-order valence-electron chi connectivity index (χ2n) is 5.48. The number of hydrogen-bond donors (Lipinski definition) is 3. The number of carbonyl (C=O) groups excluding carboxylic acids is 1. The van der Waals surface area contributed by atoms with Gasteiger partial charge in [-0.3, -0.25) is 4.79 Å². The Morgan fingerprint density at radius 3 is 2.91 bits per heavy atom.